The highest BCUT2D eigenvalue weighted by Gasteiger charge is 2.16. The van der Waals surface area contributed by atoms with Gasteiger partial charge in [0.25, 0.3) is 5.91 Å². The number of anilines is 1. The van der Waals surface area contributed by atoms with Crippen molar-refractivity contribution in [1.82, 2.24) is 10.6 Å². The van der Waals surface area contributed by atoms with Crippen LogP contribution >= 0.6 is 0 Å². The van der Waals surface area contributed by atoms with E-state index in [0.717, 1.165) is 6.42 Å². The molecule has 2 amide bonds. The summed E-state index contributed by atoms with van der Waals surface area (Å²) in [5, 5.41) is 5.12. The minimum absolute atomic E-state index is 0.278. The molecule has 0 spiro atoms. The number of carbonyl (C=O) groups is 3. The van der Waals surface area contributed by atoms with Gasteiger partial charge in [-0.15, -0.1) is 0 Å². The number of rotatable bonds is 7. The predicted octanol–water partition coefficient (Wildman–Crippen LogP) is 0.457. The summed E-state index contributed by atoms with van der Waals surface area (Å²) in [6.07, 6.45) is 0.811. The normalized spacial score (nSPS) is 11.4. The summed E-state index contributed by atoms with van der Waals surface area (Å²) in [5.41, 5.74) is 6.34. The number of hydrogen-bond donors (Lipinski definition) is 3. The molecular formula is C15H21N3O4. The van der Waals surface area contributed by atoms with Gasteiger partial charge < -0.3 is 21.1 Å². The maximum atomic E-state index is 11.7. The Morgan fingerprint density at radius 2 is 1.86 bits per heavy atom. The quantitative estimate of drug-likeness (QED) is 0.500. The lowest BCUT2D eigenvalue weighted by Crippen LogP contribution is -2.46. The first-order valence-electron chi connectivity index (χ1n) is 7.03. The second-order valence-electron chi connectivity index (χ2n) is 4.78. The predicted molar refractivity (Wildman–Crippen MR) is 82.0 cm³/mol. The standard InChI is InChI=1S/C15H21N3O4/c1-3-8-17-14(20)10(2)18-13(19)9-22-15(21)11-4-6-12(16)7-5-11/h4-7,10H,3,8-9,16H2,1-2H3,(H,17,20)(H,18,19)/t10-/m0/s1. The van der Waals surface area contributed by atoms with Crippen molar-refractivity contribution in [2.75, 3.05) is 18.9 Å². The largest absolute Gasteiger partial charge is 0.452 e. The minimum Gasteiger partial charge on any atom is -0.452 e. The van der Waals surface area contributed by atoms with Gasteiger partial charge in [-0.3, -0.25) is 9.59 Å². The number of nitrogen functional groups attached to an aromatic ring is 1. The number of esters is 1. The number of hydrogen-bond acceptors (Lipinski definition) is 5. The van der Waals surface area contributed by atoms with Crippen molar-refractivity contribution in [3.63, 3.8) is 0 Å². The smallest absolute Gasteiger partial charge is 0.338 e. The van der Waals surface area contributed by atoms with Gasteiger partial charge in [-0.2, -0.15) is 0 Å². The van der Waals surface area contributed by atoms with Crippen molar-refractivity contribution in [1.29, 1.82) is 0 Å². The van der Waals surface area contributed by atoms with Gasteiger partial charge in [0.05, 0.1) is 5.56 Å². The van der Waals surface area contributed by atoms with Gasteiger partial charge in [0.1, 0.15) is 6.04 Å². The highest BCUT2D eigenvalue weighted by atomic mass is 16.5. The second-order valence-corrected chi connectivity index (χ2v) is 4.78. The molecular weight excluding hydrogens is 286 g/mol. The molecule has 0 unspecified atom stereocenters. The van der Waals surface area contributed by atoms with Gasteiger partial charge in [0.15, 0.2) is 6.61 Å². The van der Waals surface area contributed by atoms with E-state index in [-0.39, 0.29) is 5.91 Å². The molecule has 7 nitrogen and oxygen atoms in total. The van der Waals surface area contributed by atoms with Crippen LogP contribution in [0.2, 0.25) is 0 Å². The number of benzene rings is 1. The molecule has 0 radical (unpaired) electrons. The summed E-state index contributed by atoms with van der Waals surface area (Å²) in [6.45, 7) is 3.59. The van der Waals surface area contributed by atoms with Crippen LogP contribution < -0.4 is 16.4 Å². The molecule has 1 aromatic rings. The molecule has 7 heteroatoms. The van der Waals surface area contributed by atoms with Crippen molar-refractivity contribution in [3.05, 3.63) is 29.8 Å². The lowest BCUT2D eigenvalue weighted by molar-refractivity contribution is -0.130. The number of amides is 2. The molecule has 120 valence electrons. The first kappa shape index (κ1) is 17.5. The number of nitrogens with two attached hydrogens (primary N) is 1. The Balaban J connectivity index is 2.37. The van der Waals surface area contributed by atoms with Crippen LogP contribution in [0.25, 0.3) is 0 Å². The van der Waals surface area contributed by atoms with Gasteiger partial charge in [0.2, 0.25) is 5.91 Å². The Morgan fingerprint density at radius 3 is 2.45 bits per heavy atom. The molecule has 0 heterocycles. The van der Waals surface area contributed by atoms with Crippen LogP contribution in [-0.2, 0) is 14.3 Å². The van der Waals surface area contributed by atoms with Gasteiger partial charge in [-0.25, -0.2) is 4.79 Å². The van der Waals surface area contributed by atoms with Crippen molar-refractivity contribution in [2.45, 2.75) is 26.3 Å². The van der Waals surface area contributed by atoms with Crippen LogP contribution in [-0.4, -0.2) is 37.0 Å². The Bertz CT molecular complexity index is 528. The first-order chi connectivity index (χ1) is 10.4. The summed E-state index contributed by atoms with van der Waals surface area (Å²) in [6, 6.07) is 5.47. The molecule has 0 saturated carbocycles. The fourth-order valence-corrected chi connectivity index (χ4v) is 1.58. The molecule has 22 heavy (non-hydrogen) atoms. The summed E-state index contributed by atoms with van der Waals surface area (Å²) in [4.78, 5) is 34.9. The second kappa shape index (κ2) is 8.66. The maximum absolute atomic E-state index is 11.7. The van der Waals surface area contributed by atoms with Crippen molar-refractivity contribution < 1.29 is 19.1 Å². The summed E-state index contributed by atoms with van der Waals surface area (Å²) >= 11 is 0. The Morgan fingerprint density at radius 1 is 1.23 bits per heavy atom. The third-order valence-electron chi connectivity index (χ3n) is 2.80. The average molecular weight is 307 g/mol. The van der Waals surface area contributed by atoms with Crippen LogP contribution in [0.4, 0.5) is 5.69 Å². The van der Waals surface area contributed by atoms with Gasteiger partial charge in [0, 0.05) is 12.2 Å². The first-order valence-corrected chi connectivity index (χ1v) is 7.03. The summed E-state index contributed by atoms with van der Waals surface area (Å²) < 4.78 is 4.87. The van der Waals surface area contributed by atoms with Crippen LogP contribution in [0.5, 0.6) is 0 Å². The Kier molecular flexibility index (Phi) is 6.88. The summed E-state index contributed by atoms with van der Waals surface area (Å²) in [5.74, 6) is -1.44. The van der Waals surface area contributed by atoms with Crippen LogP contribution in [0.1, 0.15) is 30.6 Å². The zero-order chi connectivity index (χ0) is 16.5. The molecule has 0 fully saturated rings. The SMILES string of the molecule is CCCNC(=O)[C@H](C)NC(=O)COC(=O)c1ccc(N)cc1. The zero-order valence-corrected chi connectivity index (χ0v) is 12.7. The maximum Gasteiger partial charge on any atom is 0.338 e. The fourth-order valence-electron chi connectivity index (χ4n) is 1.58. The summed E-state index contributed by atoms with van der Waals surface area (Å²) in [7, 11) is 0. The van der Waals surface area contributed by atoms with Crippen molar-refractivity contribution in [2.24, 2.45) is 0 Å². The van der Waals surface area contributed by atoms with Crippen LogP contribution in [0.3, 0.4) is 0 Å². The van der Waals surface area contributed by atoms with Crippen molar-refractivity contribution in [3.8, 4) is 0 Å². The zero-order valence-electron chi connectivity index (χ0n) is 12.7. The van der Waals surface area contributed by atoms with E-state index in [1.54, 1.807) is 19.1 Å². The Labute approximate surface area is 129 Å². The average Bonchev–Trinajstić information content (AvgIpc) is 2.50. The highest BCUT2D eigenvalue weighted by Crippen LogP contribution is 2.06. The third kappa shape index (κ3) is 5.82. The topological polar surface area (TPSA) is 111 Å². The van der Waals surface area contributed by atoms with E-state index < -0.39 is 24.5 Å². The van der Waals surface area contributed by atoms with Gasteiger partial charge in [-0.1, -0.05) is 6.92 Å². The van der Waals surface area contributed by atoms with E-state index in [1.807, 2.05) is 6.92 Å². The van der Waals surface area contributed by atoms with E-state index in [4.69, 9.17) is 10.5 Å². The molecule has 0 aliphatic heterocycles. The molecule has 0 aromatic heterocycles. The lowest BCUT2D eigenvalue weighted by Gasteiger charge is -2.13. The van der Waals surface area contributed by atoms with Gasteiger partial charge >= 0.3 is 5.97 Å². The molecule has 1 rings (SSSR count). The monoisotopic (exact) mass is 307 g/mol. The van der Waals surface area contributed by atoms with E-state index in [1.165, 1.54) is 12.1 Å². The van der Waals surface area contributed by atoms with Gasteiger partial charge in [-0.05, 0) is 37.6 Å². The van der Waals surface area contributed by atoms with E-state index >= 15 is 0 Å². The molecule has 0 aliphatic rings. The highest BCUT2D eigenvalue weighted by molar-refractivity contribution is 5.92. The van der Waals surface area contributed by atoms with E-state index in [2.05, 4.69) is 10.6 Å². The molecule has 1 aromatic carbocycles. The van der Waals surface area contributed by atoms with Crippen molar-refractivity contribution >= 4 is 23.5 Å². The third-order valence-corrected chi connectivity index (χ3v) is 2.80. The molecule has 1 atom stereocenters. The van der Waals surface area contributed by atoms with E-state index in [9.17, 15) is 14.4 Å². The molecule has 0 aliphatic carbocycles. The molecule has 0 saturated heterocycles. The van der Waals surface area contributed by atoms with Crippen LogP contribution in [0.15, 0.2) is 24.3 Å². The Hall–Kier alpha value is -2.57. The fraction of sp³-hybridized carbons (Fsp3) is 0.400. The van der Waals surface area contributed by atoms with Crippen LogP contribution in [0, 0.1) is 0 Å². The molecule has 0 bridgehead atoms. The number of nitrogens with one attached hydrogen (secondary N) is 2. The lowest BCUT2D eigenvalue weighted by atomic mass is 10.2. The minimum atomic E-state index is -0.686. The number of carbonyl (C=O) groups excluding carboxylic acids is 3. The molecule has 4 N–H and O–H groups in total. The number of ether oxygens (including phenoxy) is 1. The van der Waals surface area contributed by atoms with E-state index in [0.29, 0.717) is 17.8 Å².